The van der Waals surface area contributed by atoms with Crippen molar-refractivity contribution in [3.05, 3.63) is 32.6 Å². The van der Waals surface area contributed by atoms with Gasteiger partial charge in [0, 0.05) is 12.1 Å². The lowest BCUT2D eigenvalue weighted by Crippen LogP contribution is -2.00. The maximum Gasteiger partial charge on any atom is 0.196 e. The van der Waals surface area contributed by atoms with Crippen molar-refractivity contribution in [3.8, 4) is 11.5 Å². The molecule has 1 heterocycles. The molecule has 2 N–H and O–H groups in total. The summed E-state index contributed by atoms with van der Waals surface area (Å²) in [5.41, 5.74) is -0.176. The molecule has 78 valence electrons. The average molecular weight is 271 g/mol. The van der Waals surface area contributed by atoms with Crippen LogP contribution in [0.2, 0.25) is 0 Å². The molecule has 0 saturated carbocycles. The van der Waals surface area contributed by atoms with Crippen LogP contribution in [-0.4, -0.2) is 10.2 Å². The summed E-state index contributed by atoms with van der Waals surface area (Å²) < 4.78 is 5.31. The fourth-order valence-electron chi connectivity index (χ4n) is 1.39. The zero-order valence-electron chi connectivity index (χ0n) is 7.74. The Morgan fingerprint density at radius 1 is 1.33 bits per heavy atom. The van der Waals surface area contributed by atoms with Gasteiger partial charge in [-0.1, -0.05) is 0 Å². The van der Waals surface area contributed by atoms with Crippen LogP contribution in [0.15, 0.2) is 25.8 Å². The van der Waals surface area contributed by atoms with Gasteiger partial charge in [0.15, 0.2) is 5.43 Å². The summed E-state index contributed by atoms with van der Waals surface area (Å²) in [6.07, 6.45) is 0. The number of hydrogen-bond donors (Lipinski definition) is 2. The molecule has 1 aromatic heterocycles. The largest absolute Gasteiger partial charge is 0.506 e. The Morgan fingerprint density at radius 2 is 2.00 bits per heavy atom. The van der Waals surface area contributed by atoms with Gasteiger partial charge in [-0.3, -0.25) is 4.79 Å². The van der Waals surface area contributed by atoms with Crippen LogP contribution in [0.4, 0.5) is 0 Å². The van der Waals surface area contributed by atoms with E-state index in [1.165, 1.54) is 12.1 Å². The van der Waals surface area contributed by atoms with Crippen molar-refractivity contribution < 1.29 is 14.6 Å². The first-order valence-electron chi connectivity index (χ1n) is 4.15. The van der Waals surface area contributed by atoms with Crippen LogP contribution in [0.25, 0.3) is 11.0 Å². The molecular formula is C10H7BrO4. The number of phenolic OH excluding ortho intramolecular Hbond substituents is 2. The Morgan fingerprint density at radius 3 is 2.67 bits per heavy atom. The van der Waals surface area contributed by atoms with Crippen LogP contribution in [0.1, 0.15) is 5.76 Å². The van der Waals surface area contributed by atoms with E-state index in [-0.39, 0.29) is 32.4 Å². The molecular weight excluding hydrogens is 264 g/mol. The molecule has 15 heavy (non-hydrogen) atoms. The molecule has 0 unspecified atom stereocenters. The van der Waals surface area contributed by atoms with Gasteiger partial charge >= 0.3 is 0 Å². The maximum atomic E-state index is 11.6. The van der Waals surface area contributed by atoms with E-state index in [0.717, 1.165) is 0 Å². The highest BCUT2D eigenvalue weighted by molar-refractivity contribution is 9.10. The molecule has 0 aliphatic carbocycles. The smallest absolute Gasteiger partial charge is 0.196 e. The van der Waals surface area contributed by atoms with Crippen LogP contribution in [-0.2, 0) is 0 Å². The van der Waals surface area contributed by atoms with Crippen molar-refractivity contribution in [3.63, 3.8) is 0 Å². The number of phenols is 2. The summed E-state index contributed by atoms with van der Waals surface area (Å²) in [5.74, 6) is -0.0545. The van der Waals surface area contributed by atoms with Gasteiger partial charge in [0.25, 0.3) is 0 Å². The van der Waals surface area contributed by atoms with E-state index in [2.05, 4.69) is 15.9 Å². The minimum absolute atomic E-state index is 0.0604. The van der Waals surface area contributed by atoms with Gasteiger partial charge in [0.2, 0.25) is 0 Å². The van der Waals surface area contributed by atoms with E-state index in [9.17, 15) is 15.0 Å². The van der Waals surface area contributed by atoms with E-state index in [1.807, 2.05) is 0 Å². The first-order valence-corrected chi connectivity index (χ1v) is 4.95. The standard InChI is InChI=1S/C10H7BrO4/c1-4-2-5(12)8-7(15-4)3-6(13)9(11)10(8)14/h2-3,13-14H,1H3. The van der Waals surface area contributed by atoms with Crippen molar-refractivity contribution >= 4 is 26.9 Å². The fourth-order valence-corrected chi connectivity index (χ4v) is 1.70. The van der Waals surface area contributed by atoms with Crippen molar-refractivity contribution in [2.24, 2.45) is 0 Å². The Bertz CT molecular complexity index is 600. The number of benzene rings is 1. The molecule has 1 aromatic carbocycles. The first-order chi connectivity index (χ1) is 7.00. The summed E-state index contributed by atoms with van der Waals surface area (Å²) in [6.45, 7) is 1.62. The highest BCUT2D eigenvalue weighted by Gasteiger charge is 2.14. The van der Waals surface area contributed by atoms with Gasteiger partial charge in [-0.15, -0.1) is 0 Å². The Kier molecular flexibility index (Phi) is 2.19. The molecule has 0 spiro atoms. The normalized spacial score (nSPS) is 10.8. The summed E-state index contributed by atoms with van der Waals surface area (Å²) in [4.78, 5) is 11.6. The molecule has 0 radical (unpaired) electrons. The number of aryl methyl sites for hydroxylation is 1. The Labute approximate surface area is 92.9 Å². The van der Waals surface area contributed by atoms with Crippen molar-refractivity contribution in [1.82, 2.24) is 0 Å². The quantitative estimate of drug-likeness (QED) is 0.771. The fraction of sp³-hybridized carbons (Fsp3) is 0.100. The predicted molar refractivity (Wildman–Crippen MR) is 58.3 cm³/mol. The van der Waals surface area contributed by atoms with Gasteiger partial charge in [-0.25, -0.2) is 0 Å². The van der Waals surface area contributed by atoms with Gasteiger partial charge in [-0.2, -0.15) is 0 Å². The SMILES string of the molecule is Cc1cc(=O)c2c(O)c(Br)c(O)cc2o1. The molecule has 0 aliphatic heterocycles. The second-order valence-electron chi connectivity index (χ2n) is 3.15. The van der Waals surface area contributed by atoms with E-state index in [4.69, 9.17) is 4.42 Å². The zero-order chi connectivity index (χ0) is 11.2. The van der Waals surface area contributed by atoms with Crippen LogP contribution >= 0.6 is 15.9 Å². The zero-order valence-corrected chi connectivity index (χ0v) is 9.33. The van der Waals surface area contributed by atoms with Gasteiger partial charge in [0.1, 0.15) is 32.7 Å². The minimum Gasteiger partial charge on any atom is -0.506 e. The van der Waals surface area contributed by atoms with Gasteiger partial charge < -0.3 is 14.6 Å². The lowest BCUT2D eigenvalue weighted by atomic mass is 10.2. The van der Waals surface area contributed by atoms with E-state index in [0.29, 0.717) is 5.76 Å². The van der Waals surface area contributed by atoms with Crippen LogP contribution in [0, 0.1) is 6.92 Å². The molecule has 2 rings (SSSR count). The first kappa shape index (κ1) is 10.0. The molecule has 0 amide bonds. The predicted octanol–water partition coefficient (Wildman–Crippen LogP) is 2.28. The molecule has 5 heteroatoms. The molecule has 2 aromatic rings. The molecule has 0 fully saturated rings. The summed E-state index contributed by atoms with van der Waals surface area (Å²) in [5, 5.41) is 19.1. The summed E-state index contributed by atoms with van der Waals surface area (Å²) in [6, 6.07) is 2.57. The Balaban J connectivity index is 3.06. The number of hydrogen-bond acceptors (Lipinski definition) is 4. The molecule has 0 aliphatic rings. The monoisotopic (exact) mass is 270 g/mol. The second kappa shape index (κ2) is 3.27. The highest BCUT2D eigenvalue weighted by Crippen LogP contribution is 2.38. The van der Waals surface area contributed by atoms with E-state index < -0.39 is 0 Å². The lowest BCUT2D eigenvalue weighted by Gasteiger charge is -2.04. The molecule has 0 bridgehead atoms. The number of halogens is 1. The van der Waals surface area contributed by atoms with Crippen molar-refractivity contribution in [2.75, 3.05) is 0 Å². The summed E-state index contributed by atoms with van der Waals surface area (Å²) >= 11 is 2.97. The third kappa shape index (κ3) is 1.48. The topological polar surface area (TPSA) is 70.7 Å². The van der Waals surface area contributed by atoms with Crippen LogP contribution in [0.3, 0.4) is 0 Å². The molecule has 0 atom stereocenters. The lowest BCUT2D eigenvalue weighted by molar-refractivity contribution is 0.445. The van der Waals surface area contributed by atoms with E-state index >= 15 is 0 Å². The van der Waals surface area contributed by atoms with Crippen LogP contribution in [0.5, 0.6) is 11.5 Å². The number of aromatic hydroxyl groups is 2. The highest BCUT2D eigenvalue weighted by atomic mass is 79.9. The number of fused-ring (bicyclic) bond motifs is 1. The van der Waals surface area contributed by atoms with Crippen LogP contribution < -0.4 is 5.43 Å². The van der Waals surface area contributed by atoms with Crippen molar-refractivity contribution in [2.45, 2.75) is 6.92 Å². The third-order valence-corrected chi connectivity index (χ3v) is 2.82. The van der Waals surface area contributed by atoms with E-state index in [1.54, 1.807) is 6.92 Å². The Hall–Kier alpha value is -1.49. The molecule has 4 nitrogen and oxygen atoms in total. The number of rotatable bonds is 0. The minimum atomic E-state index is -0.341. The second-order valence-corrected chi connectivity index (χ2v) is 3.95. The molecule has 0 saturated heterocycles. The summed E-state index contributed by atoms with van der Waals surface area (Å²) in [7, 11) is 0. The van der Waals surface area contributed by atoms with Gasteiger partial charge in [-0.05, 0) is 22.9 Å². The third-order valence-electron chi connectivity index (χ3n) is 2.04. The van der Waals surface area contributed by atoms with Crippen molar-refractivity contribution in [1.29, 1.82) is 0 Å². The van der Waals surface area contributed by atoms with Gasteiger partial charge in [0.05, 0.1) is 0 Å². The average Bonchev–Trinajstić information content (AvgIpc) is 2.13. The maximum absolute atomic E-state index is 11.6.